The van der Waals surface area contributed by atoms with Crippen LogP contribution in [0.2, 0.25) is 0 Å². The fourth-order valence-electron chi connectivity index (χ4n) is 0.768. The zero-order valence-corrected chi connectivity index (χ0v) is 10.6. The fourth-order valence-corrected chi connectivity index (χ4v) is 0.768. The van der Waals surface area contributed by atoms with Gasteiger partial charge in [0.15, 0.2) is 0 Å². The van der Waals surface area contributed by atoms with E-state index in [1.165, 1.54) is 5.70 Å². The molecule has 0 aromatic carbocycles. The monoisotopic (exact) mass is 269 g/mol. The van der Waals surface area contributed by atoms with Crippen LogP contribution in [0.5, 0.6) is 0 Å². The van der Waals surface area contributed by atoms with E-state index in [-0.39, 0.29) is 51.0 Å². The van der Waals surface area contributed by atoms with E-state index in [1.807, 2.05) is 0 Å². The second kappa shape index (κ2) is 8.84. The van der Waals surface area contributed by atoms with Crippen LogP contribution in [0.1, 0.15) is 6.42 Å². The third-order valence-corrected chi connectivity index (χ3v) is 1.33. The molecule has 1 nitrogen and oxygen atoms in total. The molecular weight excluding hydrogens is 260 g/mol. The predicted molar refractivity (Wildman–Crippen MR) is 35.5 cm³/mol. The number of nitrogens with zero attached hydrogens (tertiary/aromatic N) is 1. The smallest absolute Gasteiger partial charge is 1.00 e. The quantitative estimate of drug-likeness (QED) is 0.464. The van der Waals surface area contributed by atoms with Crippen molar-refractivity contribution in [2.75, 3.05) is 14.1 Å². The van der Waals surface area contributed by atoms with E-state index in [4.69, 9.17) is 0 Å². The number of rotatable bonds is 1. The minimum absolute atomic E-state index is 0. The van der Waals surface area contributed by atoms with Crippen molar-refractivity contribution in [2.45, 2.75) is 6.42 Å². The van der Waals surface area contributed by atoms with Gasteiger partial charge >= 0.3 is 26.2 Å². The second-order valence-electron chi connectivity index (χ2n) is 2.18. The normalized spacial score (nSPS) is 12.0. The number of hydrogen-bond acceptors (Lipinski definition) is 1. The van der Waals surface area contributed by atoms with Crippen LogP contribution in [0, 0.1) is 0 Å². The van der Waals surface area contributed by atoms with Gasteiger partial charge in [0.2, 0.25) is 0 Å². The van der Waals surface area contributed by atoms with Gasteiger partial charge in [-0.3, -0.25) is 0 Å². The minimum atomic E-state index is 0. The predicted octanol–water partition coefficient (Wildman–Crippen LogP) is -4.60. The summed E-state index contributed by atoms with van der Waals surface area (Å²) >= 11 is 0. The van der Waals surface area contributed by atoms with Gasteiger partial charge in [-0.1, -0.05) is 12.2 Å². The van der Waals surface area contributed by atoms with Gasteiger partial charge < -0.3 is 29.7 Å². The van der Waals surface area contributed by atoms with Crippen molar-refractivity contribution in [3.8, 4) is 0 Å². The van der Waals surface area contributed by atoms with E-state index >= 15 is 0 Å². The Morgan fingerprint density at radius 3 is 2.00 bits per heavy atom. The SMILES string of the molecule is CN(C)C1=CC=CC1.[Cl-].[Cl-].[Zr+2]. The van der Waals surface area contributed by atoms with Crippen LogP contribution in [0.25, 0.3) is 0 Å². The van der Waals surface area contributed by atoms with E-state index in [2.05, 4.69) is 37.2 Å². The van der Waals surface area contributed by atoms with E-state index in [9.17, 15) is 0 Å². The van der Waals surface area contributed by atoms with Crippen LogP contribution in [-0.4, -0.2) is 19.0 Å². The van der Waals surface area contributed by atoms with E-state index in [0.717, 1.165) is 6.42 Å². The first-order chi connectivity index (χ1) is 3.80. The first-order valence-corrected chi connectivity index (χ1v) is 2.84. The van der Waals surface area contributed by atoms with Crippen LogP contribution in [0.3, 0.4) is 0 Å². The molecule has 0 heterocycles. The molecule has 0 aliphatic heterocycles. The zero-order chi connectivity index (χ0) is 5.98. The number of halogens is 2. The molecule has 1 aliphatic rings. The molecule has 0 bridgehead atoms. The molecule has 0 aromatic rings. The summed E-state index contributed by atoms with van der Waals surface area (Å²) in [7, 11) is 4.14. The maximum Gasteiger partial charge on any atom is 2.00 e. The molecule has 1 aliphatic carbocycles. The van der Waals surface area contributed by atoms with Crippen molar-refractivity contribution in [1.29, 1.82) is 0 Å². The van der Waals surface area contributed by atoms with Crippen molar-refractivity contribution in [3.05, 3.63) is 23.9 Å². The Balaban J connectivity index is -0.000000213. The van der Waals surface area contributed by atoms with E-state index in [0.29, 0.717) is 0 Å². The molecule has 0 amide bonds. The van der Waals surface area contributed by atoms with Crippen molar-refractivity contribution in [2.24, 2.45) is 0 Å². The van der Waals surface area contributed by atoms with Gasteiger partial charge in [0.1, 0.15) is 0 Å². The van der Waals surface area contributed by atoms with Crippen LogP contribution in [0.4, 0.5) is 0 Å². The molecule has 1 rings (SSSR count). The Morgan fingerprint density at radius 1 is 1.27 bits per heavy atom. The average molecular weight is 271 g/mol. The Bertz CT molecular complexity index is 143. The van der Waals surface area contributed by atoms with Crippen LogP contribution in [0.15, 0.2) is 23.9 Å². The zero-order valence-electron chi connectivity index (χ0n) is 6.64. The molecule has 0 atom stereocenters. The Kier molecular flexibility index (Phi) is 14.2. The standard InChI is InChI=1S/C7H11N.2ClH.Zr/c1-8(2)7-5-3-4-6-7;;;/h3-5H,6H2,1-2H3;2*1H;/q;;;+2/p-2. The maximum absolute atomic E-state index is 2.16. The van der Waals surface area contributed by atoms with Gasteiger partial charge in [-0.2, -0.15) is 0 Å². The summed E-state index contributed by atoms with van der Waals surface area (Å²) in [5.41, 5.74) is 1.39. The van der Waals surface area contributed by atoms with Crippen molar-refractivity contribution in [1.82, 2.24) is 4.90 Å². The molecule has 0 aromatic heterocycles. The Morgan fingerprint density at radius 2 is 1.82 bits per heavy atom. The maximum atomic E-state index is 2.16. The second-order valence-corrected chi connectivity index (χ2v) is 2.18. The molecule has 0 fully saturated rings. The molecule has 0 spiro atoms. The largest absolute Gasteiger partial charge is 2.00 e. The van der Waals surface area contributed by atoms with Crippen LogP contribution >= 0.6 is 0 Å². The summed E-state index contributed by atoms with van der Waals surface area (Å²) in [6, 6.07) is 0. The van der Waals surface area contributed by atoms with Crippen LogP contribution in [-0.2, 0) is 26.2 Å². The summed E-state index contributed by atoms with van der Waals surface area (Å²) in [4.78, 5) is 2.14. The van der Waals surface area contributed by atoms with Crippen molar-refractivity contribution >= 4 is 0 Å². The first-order valence-electron chi connectivity index (χ1n) is 2.84. The van der Waals surface area contributed by atoms with Gasteiger partial charge in [-0.25, -0.2) is 0 Å². The minimum Gasteiger partial charge on any atom is -1.00 e. The number of allylic oxidation sites excluding steroid dienone is 3. The molecule has 0 radical (unpaired) electrons. The number of hydrogen-bond donors (Lipinski definition) is 0. The fraction of sp³-hybridized carbons (Fsp3) is 0.429. The van der Waals surface area contributed by atoms with Gasteiger partial charge in [0.25, 0.3) is 0 Å². The summed E-state index contributed by atoms with van der Waals surface area (Å²) in [5.74, 6) is 0. The molecule has 62 valence electrons. The van der Waals surface area contributed by atoms with Gasteiger partial charge in [0.05, 0.1) is 0 Å². The average Bonchev–Trinajstić information content (AvgIpc) is 2.12. The summed E-state index contributed by atoms with van der Waals surface area (Å²) in [6.45, 7) is 0. The molecule has 11 heavy (non-hydrogen) atoms. The summed E-state index contributed by atoms with van der Waals surface area (Å²) in [5, 5.41) is 0. The van der Waals surface area contributed by atoms with Crippen molar-refractivity contribution < 1.29 is 51.0 Å². The first kappa shape index (κ1) is 17.7. The molecule has 0 unspecified atom stereocenters. The molecule has 4 heteroatoms. The summed E-state index contributed by atoms with van der Waals surface area (Å²) in [6.07, 6.45) is 7.50. The third-order valence-electron chi connectivity index (χ3n) is 1.33. The third kappa shape index (κ3) is 5.96. The molecule has 0 saturated heterocycles. The van der Waals surface area contributed by atoms with Gasteiger partial charge in [-0.05, 0) is 6.08 Å². The van der Waals surface area contributed by atoms with Gasteiger partial charge in [0, 0.05) is 26.2 Å². The molecule has 0 N–H and O–H groups in total. The molecular formula is C7H11Cl2NZr. The Labute approximate surface area is 99.9 Å². The molecule has 0 saturated carbocycles. The Hall–Kier alpha value is 0.743. The van der Waals surface area contributed by atoms with E-state index < -0.39 is 0 Å². The van der Waals surface area contributed by atoms with Crippen LogP contribution < -0.4 is 24.8 Å². The van der Waals surface area contributed by atoms with E-state index in [1.54, 1.807) is 0 Å². The topological polar surface area (TPSA) is 3.24 Å². The van der Waals surface area contributed by atoms with Crippen molar-refractivity contribution in [3.63, 3.8) is 0 Å². The van der Waals surface area contributed by atoms with Gasteiger partial charge in [-0.15, -0.1) is 0 Å². The summed E-state index contributed by atoms with van der Waals surface area (Å²) < 4.78 is 0.